The monoisotopic (exact) mass is 241 g/mol. The summed E-state index contributed by atoms with van der Waals surface area (Å²) in [5, 5.41) is 18.8. The summed E-state index contributed by atoms with van der Waals surface area (Å²) in [6, 6.07) is 1.07. The van der Waals surface area contributed by atoms with Crippen LogP contribution in [0.5, 0.6) is 0 Å². The van der Waals surface area contributed by atoms with E-state index in [1.54, 1.807) is 0 Å². The van der Waals surface area contributed by atoms with Crippen molar-refractivity contribution in [2.24, 2.45) is 0 Å². The number of carboxylic acid groups (broad SMARTS) is 1. The molecule has 2 aromatic rings. The predicted octanol–water partition coefficient (Wildman–Crippen LogP) is 0.591. The third-order valence-corrected chi connectivity index (χ3v) is 2.75. The van der Waals surface area contributed by atoms with Crippen LogP contribution >= 0.6 is 11.3 Å². The van der Waals surface area contributed by atoms with Crippen molar-refractivity contribution in [1.29, 1.82) is 0 Å². The SMILES string of the molecule is O=C(O)c1nc2sc([N+](=O)[O-])cc2c(=O)[nH]1. The van der Waals surface area contributed by atoms with Crippen molar-refractivity contribution in [3.8, 4) is 0 Å². The molecule has 82 valence electrons. The van der Waals surface area contributed by atoms with E-state index in [1.807, 2.05) is 4.98 Å². The number of aromatic amines is 1. The zero-order chi connectivity index (χ0) is 11.9. The van der Waals surface area contributed by atoms with Gasteiger partial charge in [0.15, 0.2) is 0 Å². The number of carboxylic acids is 1. The summed E-state index contributed by atoms with van der Waals surface area (Å²) < 4.78 is 0. The van der Waals surface area contributed by atoms with Crippen LogP contribution in [0.2, 0.25) is 0 Å². The highest BCUT2D eigenvalue weighted by atomic mass is 32.1. The number of nitrogens with one attached hydrogen (secondary N) is 1. The molecule has 0 fully saturated rings. The van der Waals surface area contributed by atoms with Crippen LogP contribution in [0.15, 0.2) is 10.9 Å². The second kappa shape index (κ2) is 3.38. The smallest absolute Gasteiger partial charge is 0.372 e. The fourth-order valence-corrected chi connectivity index (χ4v) is 1.96. The molecule has 2 aromatic heterocycles. The minimum atomic E-state index is -1.39. The number of aromatic nitrogens is 2. The van der Waals surface area contributed by atoms with Crippen molar-refractivity contribution in [3.63, 3.8) is 0 Å². The summed E-state index contributed by atoms with van der Waals surface area (Å²) >= 11 is 0.658. The number of nitro groups is 1. The molecule has 16 heavy (non-hydrogen) atoms. The maximum absolute atomic E-state index is 11.4. The standard InChI is InChI=1S/C7H3N3O5S/c11-5-2-1-3(10(14)15)16-6(2)9-4(8-5)7(12)13/h1H,(H,12,13)(H,8,9,11). The van der Waals surface area contributed by atoms with Crippen molar-refractivity contribution < 1.29 is 14.8 Å². The molecule has 0 radical (unpaired) electrons. The Hall–Kier alpha value is -2.29. The highest BCUT2D eigenvalue weighted by Gasteiger charge is 2.17. The van der Waals surface area contributed by atoms with E-state index < -0.39 is 22.3 Å². The Morgan fingerprint density at radius 1 is 1.62 bits per heavy atom. The highest BCUT2D eigenvalue weighted by molar-refractivity contribution is 7.21. The lowest BCUT2D eigenvalue weighted by Gasteiger charge is -1.91. The molecule has 0 aromatic carbocycles. The molecule has 9 heteroatoms. The van der Waals surface area contributed by atoms with Crippen molar-refractivity contribution in [2.75, 3.05) is 0 Å². The summed E-state index contributed by atoms with van der Waals surface area (Å²) in [5.74, 6) is -1.93. The number of hydrogen-bond acceptors (Lipinski definition) is 6. The highest BCUT2D eigenvalue weighted by Crippen LogP contribution is 2.27. The predicted molar refractivity (Wildman–Crippen MR) is 53.9 cm³/mol. The van der Waals surface area contributed by atoms with E-state index >= 15 is 0 Å². The Balaban J connectivity index is 2.78. The molecule has 0 unspecified atom stereocenters. The average Bonchev–Trinajstić information content (AvgIpc) is 2.61. The molecule has 2 rings (SSSR count). The first-order valence-electron chi connectivity index (χ1n) is 3.90. The van der Waals surface area contributed by atoms with Crippen LogP contribution in [0, 0.1) is 10.1 Å². The summed E-state index contributed by atoms with van der Waals surface area (Å²) in [6.45, 7) is 0. The molecular weight excluding hydrogens is 238 g/mol. The molecule has 2 heterocycles. The van der Waals surface area contributed by atoms with Gasteiger partial charge in [-0.3, -0.25) is 14.9 Å². The van der Waals surface area contributed by atoms with E-state index in [0.29, 0.717) is 11.3 Å². The first kappa shape index (κ1) is 10.2. The summed E-state index contributed by atoms with van der Waals surface area (Å²) in [6.07, 6.45) is 0. The number of thiophene rings is 1. The van der Waals surface area contributed by atoms with Crippen LogP contribution < -0.4 is 5.56 Å². The van der Waals surface area contributed by atoms with E-state index in [2.05, 4.69) is 4.98 Å². The Morgan fingerprint density at radius 2 is 2.31 bits per heavy atom. The maximum Gasteiger partial charge on any atom is 0.372 e. The minimum Gasteiger partial charge on any atom is -0.475 e. The minimum absolute atomic E-state index is 0.0155. The number of rotatable bonds is 2. The van der Waals surface area contributed by atoms with Crippen LogP contribution in [-0.4, -0.2) is 26.0 Å². The van der Waals surface area contributed by atoms with Crippen LogP contribution in [-0.2, 0) is 0 Å². The first-order valence-corrected chi connectivity index (χ1v) is 4.72. The Labute approximate surface area is 90.3 Å². The van der Waals surface area contributed by atoms with Crippen LogP contribution in [0.4, 0.5) is 5.00 Å². The maximum atomic E-state index is 11.4. The van der Waals surface area contributed by atoms with Gasteiger partial charge >= 0.3 is 11.0 Å². The molecule has 0 amide bonds. The fourth-order valence-electron chi connectivity index (χ4n) is 1.11. The number of hydrogen-bond donors (Lipinski definition) is 2. The van der Waals surface area contributed by atoms with Crippen molar-refractivity contribution in [1.82, 2.24) is 9.97 Å². The van der Waals surface area contributed by atoms with E-state index in [0.717, 1.165) is 6.07 Å². The lowest BCUT2D eigenvalue weighted by atomic mass is 10.4. The summed E-state index contributed by atoms with van der Waals surface area (Å²) in [5.41, 5.74) is -0.702. The van der Waals surface area contributed by atoms with Gasteiger partial charge in [0.25, 0.3) is 5.56 Å². The Morgan fingerprint density at radius 3 is 2.88 bits per heavy atom. The molecule has 0 saturated carbocycles. The first-order chi connectivity index (χ1) is 7.49. The molecule has 0 aliphatic carbocycles. The molecule has 8 nitrogen and oxygen atoms in total. The lowest BCUT2D eigenvalue weighted by Crippen LogP contribution is -2.14. The van der Waals surface area contributed by atoms with Gasteiger partial charge in [-0.1, -0.05) is 0 Å². The third kappa shape index (κ3) is 1.52. The van der Waals surface area contributed by atoms with Gasteiger partial charge in [0, 0.05) is 6.07 Å². The van der Waals surface area contributed by atoms with Crippen LogP contribution in [0.25, 0.3) is 10.2 Å². The van der Waals surface area contributed by atoms with Gasteiger partial charge in [-0.25, -0.2) is 9.78 Å². The van der Waals surface area contributed by atoms with Crippen molar-refractivity contribution in [2.45, 2.75) is 0 Å². The fraction of sp³-hybridized carbons (Fsp3) is 0. The summed E-state index contributed by atoms with van der Waals surface area (Å²) in [4.78, 5) is 37.4. The molecule has 0 aliphatic rings. The van der Waals surface area contributed by atoms with E-state index in [-0.39, 0.29) is 15.2 Å². The zero-order valence-electron chi connectivity index (χ0n) is 7.46. The molecule has 2 N–H and O–H groups in total. The molecule has 0 atom stereocenters. The second-order valence-electron chi connectivity index (χ2n) is 2.78. The van der Waals surface area contributed by atoms with Gasteiger partial charge < -0.3 is 10.1 Å². The van der Waals surface area contributed by atoms with Crippen molar-refractivity contribution >= 4 is 32.5 Å². The van der Waals surface area contributed by atoms with Gasteiger partial charge in [0.1, 0.15) is 4.83 Å². The van der Waals surface area contributed by atoms with Gasteiger partial charge in [0.05, 0.1) is 10.3 Å². The summed E-state index contributed by atoms with van der Waals surface area (Å²) in [7, 11) is 0. The van der Waals surface area contributed by atoms with E-state index in [1.165, 1.54) is 0 Å². The van der Waals surface area contributed by atoms with Gasteiger partial charge in [-0.15, -0.1) is 0 Å². The average molecular weight is 241 g/mol. The number of carbonyl (C=O) groups is 1. The molecule has 0 bridgehead atoms. The van der Waals surface area contributed by atoms with E-state index in [9.17, 15) is 19.7 Å². The second-order valence-corrected chi connectivity index (χ2v) is 3.79. The molecule has 0 spiro atoms. The molecular formula is C7H3N3O5S. The zero-order valence-corrected chi connectivity index (χ0v) is 8.28. The quantitative estimate of drug-likeness (QED) is 0.585. The molecule has 0 saturated heterocycles. The molecule has 0 aliphatic heterocycles. The normalized spacial score (nSPS) is 10.5. The number of nitrogens with zero attached hydrogens (tertiary/aromatic N) is 2. The largest absolute Gasteiger partial charge is 0.475 e. The number of H-pyrrole nitrogens is 1. The number of aromatic carboxylic acids is 1. The van der Waals surface area contributed by atoms with Gasteiger partial charge in [-0.2, -0.15) is 0 Å². The van der Waals surface area contributed by atoms with Crippen LogP contribution in [0.3, 0.4) is 0 Å². The third-order valence-electron chi connectivity index (χ3n) is 1.77. The Kier molecular flexibility index (Phi) is 2.16. The van der Waals surface area contributed by atoms with Crippen LogP contribution in [0.1, 0.15) is 10.6 Å². The Bertz CT molecular complexity index is 658. The van der Waals surface area contributed by atoms with Crippen molar-refractivity contribution in [3.05, 3.63) is 32.4 Å². The van der Waals surface area contributed by atoms with Gasteiger partial charge in [0.2, 0.25) is 5.82 Å². The van der Waals surface area contributed by atoms with Gasteiger partial charge in [-0.05, 0) is 11.3 Å². The van der Waals surface area contributed by atoms with E-state index in [4.69, 9.17) is 5.11 Å². The number of fused-ring (bicyclic) bond motifs is 1. The topological polar surface area (TPSA) is 126 Å². The lowest BCUT2D eigenvalue weighted by molar-refractivity contribution is -0.380.